The van der Waals surface area contributed by atoms with Crippen LogP contribution in [0.5, 0.6) is 17.2 Å². The number of rotatable bonds is 5. The molecule has 25 heavy (non-hydrogen) atoms. The van der Waals surface area contributed by atoms with E-state index in [1.165, 1.54) is 6.07 Å². The number of hydrogen-bond donors (Lipinski definition) is 2. The van der Waals surface area contributed by atoms with Gasteiger partial charge in [0.2, 0.25) is 5.91 Å². The molecule has 0 aromatic heterocycles. The van der Waals surface area contributed by atoms with E-state index in [1.54, 1.807) is 12.1 Å². The van der Waals surface area contributed by atoms with Gasteiger partial charge in [0, 0.05) is 14.8 Å². The summed E-state index contributed by atoms with van der Waals surface area (Å²) in [7, 11) is 0. The molecule has 0 radical (unpaired) electrons. The van der Waals surface area contributed by atoms with Crippen molar-refractivity contribution in [3.8, 4) is 23.3 Å². The quantitative estimate of drug-likeness (QED) is 0.517. The fourth-order valence-corrected chi connectivity index (χ4v) is 2.90. The maximum absolute atomic E-state index is 11.7. The molecule has 0 aliphatic heterocycles. The van der Waals surface area contributed by atoms with E-state index in [4.69, 9.17) is 4.74 Å². The lowest BCUT2D eigenvalue weighted by molar-refractivity contribution is -0.111. The summed E-state index contributed by atoms with van der Waals surface area (Å²) in [6.07, 6.45) is 2.98. The second kappa shape index (κ2) is 7.15. The highest BCUT2D eigenvalue weighted by Gasteiger charge is 2.32. The summed E-state index contributed by atoms with van der Waals surface area (Å²) in [5.74, 6) is 0.293. The van der Waals surface area contributed by atoms with E-state index in [-0.39, 0.29) is 23.0 Å². The number of ether oxygens (including phenoxy) is 1. The Labute approximate surface area is 159 Å². The average molecular weight is 446 g/mol. The Hall–Kier alpha value is -2.53. The summed E-state index contributed by atoms with van der Waals surface area (Å²) in [5, 5.41) is 22.9. The van der Waals surface area contributed by atoms with Crippen molar-refractivity contribution in [2.75, 3.05) is 5.32 Å². The zero-order valence-corrected chi connectivity index (χ0v) is 15.4. The zero-order valence-electron chi connectivity index (χ0n) is 13.3. The van der Waals surface area contributed by atoms with Crippen molar-refractivity contribution >= 4 is 34.2 Å². The van der Waals surface area contributed by atoms with Gasteiger partial charge in [0.25, 0.3) is 0 Å². The first-order chi connectivity index (χ1) is 12.0. The predicted molar refractivity (Wildman–Crippen MR) is 103 cm³/mol. The number of carbonyl (C=O) groups is 1. The van der Waals surface area contributed by atoms with E-state index in [0.29, 0.717) is 17.0 Å². The lowest BCUT2D eigenvalue weighted by Gasteiger charge is -2.17. The van der Waals surface area contributed by atoms with Crippen LogP contribution in [0.3, 0.4) is 0 Å². The van der Waals surface area contributed by atoms with Crippen molar-refractivity contribution in [3.63, 3.8) is 0 Å². The third-order valence-corrected chi connectivity index (χ3v) is 4.60. The van der Waals surface area contributed by atoms with Crippen LogP contribution < -0.4 is 10.1 Å². The van der Waals surface area contributed by atoms with Crippen molar-refractivity contribution in [3.05, 3.63) is 57.7 Å². The molecule has 3 rings (SSSR count). The monoisotopic (exact) mass is 446 g/mol. The number of halogens is 1. The molecule has 0 atom stereocenters. The molecule has 1 aliphatic rings. The number of nitriles is 1. The largest absolute Gasteiger partial charge is 0.504 e. The van der Waals surface area contributed by atoms with Crippen molar-refractivity contribution in [2.45, 2.75) is 18.8 Å². The second-order valence-corrected chi connectivity index (χ2v) is 6.94. The highest BCUT2D eigenvalue weighted by atomic mass is 127. The minimum atomic E-state index is -0.392. The normalized spacial score (nSPS) is 13.0. The number of nitrogens with zero attached hydrogens (tertiary/aromatic N) is 1. The Morgan fingerprint density at radius 1 is 1.40 bits per heavy atom. The van der Waals surface area contributed by atoms with Crippen LogP contribution in [0.1, 0.15) is 29.9 Å². The number of nitrogens with one attached hydrogen (secondary N) is 1. The minimum Gasteiger partial charge on any atom is -0.504 e. The van der Waals surface area contributed by atoms with Gasteiger partial charge in [-0.05, 0) is 77.8 Å². The molecule has 6 heteroatoms. The van der Waals surface area contributed by atoms with Crippen molar-refractivity contribution < 1.29 is 14.6 Å². The first-order valence-corrected chi connectivity index (χ1v) is 8.78. The molecule has 1 amide bonds. The Bertz CT molecular complexity index is 881. The van der Waals surface area contributed by atoms with Crippen LogP contribution in [0.15, 0.2) is 43.0 Å². The molecule has 2 aromatic carbocycles. The number of anilines is 1. The summed E-state index contributed by atoms with van der Waals surface area (Å²) in [6.45, 7) is 3.43. The lowest BCUT2D eigenvalue weighted by atomic mass is 10.0. The van der Waals surface area contributed by atoms with Gasteiger partial charge >= 0.3 is 0 Å². The van der Waals surface area contributed by atoms with Gasteiger partial charge in [0.1, 0.15) is 17.4 Å². The third kappa shape index (κ3) is 3.77. The van der Waals surface area contributed by atoms with Crippen LogP contribution in [0.2, 0.25) is 0 Å². The summed E-state index contributed by atoms with van der Waals surface area (Å²) in [5.41, 5.74) is 1.19. The van der Waals surface area contributed by atoms with Crippen molar-refractivity contribution in [1.29, 1.82) is 5.26 Å². The number of phenols is 1. The zero-order chi connectivity index (χ0) is 18.0. The van der Waals surface area contributed by atoms with Crippen molar-refractivity contribution in [2.24, 2.45) is 0 Å². The van der Waals surface area contributed by atoms with Gasteiger partial charge in [-0.3, -0.25) is 4.79 Å². The Kier molecular flexibility index (Phi) is 4.95. The maximum Gasteiger partial charge on any atom is 0.247 e. The number of benzene rings is 2. The lowest BCUT2D eigenvalue weighted by Crippen LogP contribution is -2.10. The third-order valence-electron chi connectivity index (χ3n) is 3.88. The number of phenolic OH excluding ortho intramolecular Hbond substituents is 1. The van der Waals surface area contributed by atoms with Gasteiger partial charge in [0.05, 0.1) is 0 Å². The first kappa shape index (κ1) is 17.3. The first-order valence-electron chi connectivity index (χ1n) is 7.70. The van der Waals surface area contributed by atoms with Crippen LogP contribution in [0.4, 0.5) is 5.69 Å². The van der Waals surface area contributed by atoms with E-state index in [1.807, 2.05) is 18.2 Å². The Balaban J connectivity index is 2.07. The van der Waals surface area contributed by atoms with E-state index in [9.17, 15) is 15.2 Å². The summed E-state index contributed by atoms with van der Waals surface area (Å²) < 4.78 is 6.83. The van der Waals surface area contributed by atoms with Gasteiger partial charge in [-0.25, -0.2) is 0 Å². The van der Waals surface area contributed by atoms with E-state index < -0.39 is 5.91 Å². The molecule has 0 heterocycles. The number of hydrogen-bond acceptors (Lipinski definition) is 4. The van der Waals surface area contributed by atoms with Crippen LogP contribution in [0.25, 0.3) is 0 Å². The number of amides is 1. The molecule has 126 valence electrons. The molecule has 0 unspecified atom stereocenters. The molecule has 1 fully saturated rings. The molecule has 2 aromatic rings. The summed E-state index contributed by atoms with van der Waals surface area (Å²) in [4.78, 5) is 11.7. The van der Waals surface area contributed by atoms with E-state index in [2.05, 4.69) is 34.5 Å². The molecule has 5 nitrogen and oxygen atoms in total. The van der Waals surface area contributed by atoms with Gasteiger partial charge < -0.3 is 15.2 Å². The molecule has 1 aliphatic carbocycles. The van der Waals surface area contributed by atoms with Crippen molar-refractivity contribution in [1.82, 2.24) is 0 Å². The van der Waals surface area contributed by atoms with Gasteiger partial charge in [-0.15, -0.1) is 0 Å². The fourth-order valence-electron chi connectivity index (χ4n) is 2.54. The molecule has 0 saturated heterocycles. The van der Waals surface area contributed by atoms with Gasteiger partial charge in [-0.1, -0.05) is 6.58 Å². The molecule has 2 N–H and O–H groups in total. The number of aromatic hydroxyl groups is 1. The van der Waals surface area contributed by atoms with Gasteiger partial charge in [-0.2, -0.15) is 5.26 Å². The highest BCUT2D eigenvalue weighted by molar-refractivity contribution is 14.1. The molecule has 1 saturated carbocycles. The minimum absolute atomic E-state index is 0.0977. The topological polar surface area (TPSA) is 82.4 Å². The average Bonchev–Trinajstić information content (AvgIpc) is 3.43. The molecule has 0 spiro atoms. The van der Waals surface area contributed by atoms with E-state index in [0.717, 1.165) is 22.5 Å². The second-order valence-electron chi connectivity index (χ2n) is 5.70. The van der Waals surface area contributed by atoms with Crippen LogP contribution in [-0.4, -0.2) is 11.0 Å². The molecular formula is C19H15IN2O3. The van der Waals surface area contributed by atoms with E-state index >= 15 is 0 Å². The Morgan fingerprint density at radius 3 is 2.64 bits per heavy atom. The maximum atomic E-state index is 11.7. The van der Waals surface area contributed by atoms with Crippen LogP contribution in [0, 0.1) is 14.9 Å². The summed E-state index contributed by atoms with van der Waals surface area (Å²) in [6, 6.07) is 10.9. The molecule has 0 bridgehead atoms. The fraction of sp³-hybridized carbons (Fsp3) is 0.158. The predicted octanol–water partition coefficient (Wildman–Crippen LogP) is 4.66. The molecular weight excluding hydrogens is 431 g/mol. The number of carbonyl (C=O) groups excluding carboxylic acids is 1. The van der Waals surface area contributed by atoms with Gasteiger partial charge in [0.15, 0.2) is 11.5 Å². The highest BCUT2D eigenvalue weighted by Crippen LogP contribution is 2.52. The SMILES string of the molecule is C=CC(=O)Nc1cc(C#N)c(Oc2ccc(I)cc2)c(O)c1C1CC1. The standard InChI is InChI=1S/C19H15IN2O3/c1-2-16(23)22-15-9-12(10-21)19(18(24)17(15)11-3-4-11)25-14-7-5-13(20)6-8-14/h2,5-9,11,24H,1,3-4H2,(H,22,23). The summed E-state index contributed by atoms with van der Waals surface area (Å²) >= 11 is 2.18. The Morgan fingerprint density at radius 2 is 2.08 bits per heavy atom. The smallest absolute Gasteiger partial charge is 0.247 e. The van der Waals surface area contributed by atoms with Crippen LogP contribution in [-0.2, 0) is 4.79 Å². The van der Waals surface area contributed by atoms with Crippen LogP contribution >= 0.6 is 22.6 Å².